The minimum Gasteiger partial charge on any atom is -0.482 e. The maximum absolute atomic E-state index is 12.7. The van der Waals surface area contributed by atoms with E-state index < -0.39 is 24.0 Å². The molecule has 1 aliphatic heterocycles. The Bertz CT molecular complexity index is 1190. The van der Waals surface area contributed by atoms with E-state index in [2.05, 4.69) is 16.0 Å². The molecule has 0 spiro atoms. The highest BCUT2D eigenvalue weighted by Crippen LogP contribution is 2.33. The van der Waals surface area contributed by atoms with Gasteiger partial charge >= 0.3 is 0 Å². The molecule has 0 aliphatic carbocycles. The lowest BCUT2D eigenvalue weighted by molar-refractivity contribution is -0.134. The van der Waals surface area contributed by atoms with Gasteiger partial charge in [0, 0.05) is 11.9 Å². The third kappa shape index (κ3) is 3.45. The minimum absolute atomic E-state index is 0.0338. The fourth-order valence-corrected chi connectivity index (χ4v) is 3.27. The van der Waals surface area contributed by atoms with Crippen molar-refractivity contribution in [2.75, 3.05) is 0 Å². The van der Waals surface area contributed by atoms with Crippen LogP contribution in [0.3, 0.4) is 0 Å². The van der Waals surface area contributed by atoms with Crippen molar-refractivity contribution in [3.63, 3.8) is 0 Å². The number of hydrogen-bond donors (Lipinski definition) is 2. The summed E-state index contributed by atoms with van der Waals surface area (Å²) in [6, 6.07) is 13.7. The quantitative estimate of drug-likeness (QED) is 0.634. The van der Waals surface area contributed by atoms with Gasteiger partial charge in [-0.2, -0.15) is 5.10 Å². The number of hydrogen-bond acceptors (Lipinski definition) is 6. The lowest BCUT2D eigenvalue weighted by Crippen LogP contribution is -2.54. The van der Waals surface area contributed by atoms with Gasteiger partial charge in [-0.3, -0.25) is 25.2 Å². The molecule has 2 amide bonds. The van der Waals surface area contributed by atoms with E-state index in [0.29, 0.717) is 28.8 Å². The molecule has 0 saturated carbocycles. The van der Waals surface area contributed by atoms with Crippen LogP contribution in [-0.4, -0.2) is 33.8 Å². The molecule has 2 heterocycles. The number of aromatic nitrogens is 2. The van der Waals surface area contributed by atoms with Gasteiger partial charge in [-0.15, -0.1) is 0 Å². The van der Waals surface area contributed by atoms with Crippen LogP contribution in [0.1, 0.15) is 24.3 Å². The lowest BCUT2D eigenvalue weighted by atomic mass is 10.1. The SMILES string of the molecule is CCn1nc(C(=O)NNC(=O)C2Oc3ccccc3OC2C)c2ccccc2c1=O. The van der Waals surface area contributed by atoms with E-state index in [4.69, 9.17) is 9.47 Å². The second kappa shape index (κ2) is 7.86. The van der Waals surface area contributed by atoms with Crippen LogP contribution in [0.5, 0.6) is 11.5 Å². The number of hydrazine groups is 1. The van der Waals surface area contributed by atoms with Crippen LogP contribution in [0.4, 0.5) is 0 Å². The van der Waals surface area contributed by atoms with Crippen LogP contribution in [0, 0.1) is 0 Å². The van der Waals surface area contributed by atoms with Crippen molar-refractivity contribution >= 4 is 22.6 Å². The number of nitrogens with one attached hydrogen (secondary N) is 2. The zero-order chi connectivity index (χ0) is 21.3. The first-order valence-corrected chi connectivity index (χ1v) is 9.52. The van der Waals surface area contributed by atoms with Crippen molar-refractivity contribution in [2.45, 2.75) is 32.6 Å². The Morgan fingerprint density at radius 2 is 1.63 bits per heavy atom. The molecule has 1 aliphatic rings. The van der Waals surface area contributed by atoms with Crippen molar-refractivity contribution in [3.8, 4) is 11.5 Å². The molecule has 9 heteroatoms. The molecule has 0 radical (unpaired) electrons. The number of nitrogens with zero attached hydrogens (tertiary/aromatic N) is 2. The number of amides is 2. The third-order valence-corrected chi connectivity index (χ3v) is 4.78. The van der Waals surface area contributed by atoms with Crippen molar-refractivity contribution in [1.82, 2.24) is 20.6 Å². The van der Waals surface area contributed by atoms with Gasteiger partial charge in [-0.1, -0.05) is 30.3 Å². The Labute approximate surface area is 171 Å². The molecule has 2 N–H and O–H groups in total. The monoisotopic (exact) mass is 408 g/mol. The lowest BCUT2D eigenvalue weighted by Gasteiger charge is -2.30. The van der Waals surface area contributed by atoms with E-state index in [1.54, 1.807) is 56.3 Å². The van der Waals surface area contributed by atoms with E-state index in [1.165, 1.54) is 4.68 Å². The fourth-order valence-electron chi connectivity index (χ4n) is 3.27. The van der Waals surface area contributed by atoms with Crippen LogP contribution < -0.4 is 25.9 Å². The van der Waals surface area contributed by atoms with Gasteiger partial charge in [0.25, 0.3) is 17.4 Å². The molecular formula is C21H20N4O5. The van der Waals surface area contributed by atoms with Crippen LogP contribution in [-0.2, 0) is 11.3 Å². The molecule has 0 bridgehead atoms. The summed E-state index contributed by atoms with van der Waals surface area (Å²) in [5.74, 6) is -0.217. The Morgan fingerprint density at radius 3 is 2.33 bits per heavy atom. The smallest absolute Gasteiger partial charge is 0.290 e. The minimum atomic E-state index is -0.950. The number of carbonyl (C=O) groups excluding carboxylic acids is 2. The van der Waals surface area contributed by atoms with Crippen molar-refractivity contribution in [1.29, 1.82) is 0 Å². The number of carbonyl (C=O) groups is 2. The summed E-state index contributed by atoms with van der Waals surface area (Å²) in [6.07, 6.45) is -1.51. The van der Waals surface area contributed by atoms with Gasteiger partial charge in [0.05, 0.1) is 5.39 Å². The molecule has 0 fully saturated rings. The summed E-state index contributed by atoms with van der Waals surface area (Å²) < 4.78 is 12.6. The topological polar surface area (TPSA) is 112 Å². The molecule has 9 nitrogen and oxygen atoms in total. The van der Waals surface area contributed by atoms with E-state index >= 15 is 0 Å². The number of aryl methyl sites for hydroxylation is 1. The molecule has 4 rings (SSSR count). The molecule has 1 aromatic heterocycles. The first kappa shape index (κ1) is 19.4. The Morgan fingerprint density at radius 1 is 1.00 bits per heavy atom. The Hall–Kier alpha value is -3.88. The van der Waals surface area contributed by atoms with E-state index in [9.17, 15) is 14.4 Å². The van der Waals surface area contributed by atoms with Crippen LogP contribution in [0.15, 0.2) is 53.3 Å². The summed E-state index contributed by atoms with van der Waals surface area (Å²) in [6.45, 7) is 3.76. The van der Waals surface area contributed by atoms with Crippen LogP contribution >= 0.6 is 0 Å². The summed E-state index contributed by atoms with van der Waals surface area (Å²) in [5.41, 5.74) is 4.46. The third-order valence-electron chi connectivity index (χ3n) is 4.78. The highest BCUT2D eigenvalue weighted by molar-refractivity contribution is 6.05. The molecule has 3 aromatic rings. The van der Waals surface area contributed by atoms with Crippen LogP contribution in [0.25, 0.3) is 10.8 Å². The van der Waals surface area contributed by atoms with Gasteiger partial charge in [0.1, 0.15) is 6.10 Å². The Balaban J connectivity index is 1.52. The average Bonchev–Trinajstić information content (AvgIpc) is 2.77. The Kier molecular flexibility index (Phi) is 5.09. The zero-order valence-electron chi connectivity index (χ0n) is 16.4. The molecular weight excluding hydrogens is 388 g/mol. The number of rotatable bonds is 3. The fraction of sp³-hybridized carbons (Fsp3) is 0.238. The number of fused-ring (bicyclic) bond motifs is 2. The average molecular weight is 408 g/mol. The second-order valence-corrected chi connectivity index (χ2v) is 6.77. The highest BCUT2D eigenvalue weighted by Gasteiger charge is 2.34. The maximum atomic E-state index is 12.7. The summed E-state index contributed by atoms with van der Waals surface area (Å²) >= 11 is 0. The predicted octanol–water partition coefficient (Wildman–Crippen LogP) is 1.41. The van der Waals surface area contributed by atoms with Gasteiger partial charge in [-0.25, -0.2) is 4.68 Å². The van der Waals surface area contributed by atoms with Gasteiger partial charge in [-0.05, 0) is 32.0 Å². The maximum Gasteiger partial charge on any atom is 0.290 e. The van der Waals surface area contributed by atoms with E-state index in [0.717, 1.165) is 0 Å². The van der Waals surface area contributed by atoms with Gasteiger partial charge < -0.3 is 9.47 Å². The van der Waals surface area contributed by atoms with Crippen molar-refractivity contribution in [2.24, 2.45) is 0 Å². The number of ether oxygens (including phenoxy) is 2. The number of benzene rings is 2. The standard InChI is InChI=1S/C21H20N4O5/c1-3-25-21(28)14-9-5-4-8-13(14)17(24-25)19(26)22-23-20(27)18-12(2)29-15-10-6-7-11-16(15)30-18/h4-12,18H,3H2,1-2H3,(H,22,26)(H,23,27). The predicted molar refractivity (Wildman–Crippen MR) is 108 cm³/mol. The van der Waals surface area contributed by atoms with Crippen molar-refractivity contribution < 1.29 is 19.1 Å². The molecule has 2 aromatic carbocycles. The normalized spacial score (nSPS) is 17.4. The van der Waals surface area contributed by atoms with Crippen molar-refractivity contribution in [3.05, 3.63) is 64.6 Å². The van der Waals surface area contributed by atoms with Crippen LogP contribution in [0.2, 0.25) is 0 Å². The molecule has 30 heavy (non-hydrogen) atoms. The zero-order valence-corrected chi connectivity index (χ0v) is 16.4. The molecule has 2 atom stereocenters. The molecule has 0 saturated heterocycles. The highest BCUT2D eigenvalue weighted by atomic mass is 16.6. The molecule has 154 valence electrons. The number of para-hydroxylation sites is 2. The summed E-state index contributed by atoms with van der Waals surface area (Å²) in [4.78, 5) is 37.7. The first-order chi connectivity index (χ1) is 14.5. The summed E-state index contributed by atoms with van der Waals surface area (Å²) in [5, 5.41) is 4.92. The van der Waals surface area contributed by atoms with Gasteiger partial charge in [0.2, 0.25) is 6.10 Å². The largest absolute Gasteiger partial charge is 0.482 e. The summed E-state index contributed by atoms with van der Waals surface area (Å²) in [7, 11) is 0. The first-order valence-electron chi connectivity index (χ1n) is 9.52. The second-order valence-electron chi connectivity index (χ2n) is 6.77. The van der Waals surface area contributed by atoms with E-state index in [1.807, 2.05) is 6.07 Å². The van der Waals surface area contributed by atoms with E-state index in [-0.39, 0.29) is 11.3 Å². The molecule has 2 unspecified atom stereocenters. The van der Waals surface area contributed by atoms with Gasteiger partial charge in [0.15, 0.2) is 17.2 Å².